The third kappa shape index (κ3) is 4.20. The lowest BCUT2D eigenvalue weighted by Crippen LogP contribution is -2.28. The van der Waals surface area contributed by atoms with Crippen molar-refractivity contribution in [2.75, 3.05) is 13.1 Å². The molecule has 0 aromatic carbocycles. The molecule has 8 rings (SSSR count). The number of nitrogens with zero attached hydrogens (tertiary/aromatic N) is 2. The molecule has 2 aromatic rings. The number of hydrogen-bond donors (Lipinski definition) is 0. The van der Waals surface area contributed by atoms with Crippen molar-refractivity contribution in [3.63, 3.8) is 0 Å². The number of hydrogen-bond acceptors (Lipinski definition) is 8. The second-order valence-corrected chi connectivity index (χ2v) is 18.2. The molecule has 2 saturated carbocycles. The van der Waals surface area contributed by atoms with Gasteiger partial charge in [0.05, 0.1) is 9.81 Å². The molecule has 0 N–H and O–H groups in total. The lowest BCUT2D eigenvalue weighted by Gasteiger charge is -2.37. The van der Waals surface area contributed by atoms with Crippen molar-refractivity contribution in [1.82, 2.24) is 9.80 Å². The molecule has 4 nitrogen and oxygen atoms in total. The Bertz CT molecular complexity index is 1620. The molecule has 6 aliphatic rings. The summed E-state index contributed by atoms with van der Waals surface area (Å²) in [5.41, 5.74) is 6.33. The van der Waals surface area contributed by atoms with Gasteiger partial charge in [-0.05, 0) is 86.1 Å². The molecular formula is C34H34N2O2S6. The third-order valence-electron chi connectivity index (χ3n) is 10.5. The van der Waals surface area contributed by atoms with Gasteiger partial charge in [0.15, 0.2) is 0 Å². The number of thiophene rings is 2. The molecule has 0 atom stereocenters. The van der Waals surface area contributed by atoms with Crippen LogP contribution in [0.15, 0.2) is 21.9 Å². The largest absolute Gasteiger partial charge is 0.293 e. The molecule has 0 bridgehead atoms. The molecule has 10 heteroatoms. The molecule has 2 spiro atoms. The van der Waals surface area contributed by atoms with Crippen LogP contribution in [0.1, 0.15) is 109 Å². The van der Waals surface area contributed by atoms with Crippen LogP contribution >= 0.6 is 70.6 Å². The van der Waals surface area contributed by atoms with Gasteiger partial charge in [0.25, 0.3) is 11.8 Å². The van der Waals surface area contributed by atoms with Crippen LogP contribution in [0.4, 0.5) is 0 Å². The Kier molecular flexibility index (Phi) is 7.46. The van der Waals surface area contributed by atoms with Gasteiger partial charge in [-0.1, -0.05) is 86.5 Å². The molecule has 2 amide bonds. The van der Waals surface area contributed by atoms with Crippen LogP contribution in [0.2, 0.25) is 0 Å². The second kappa shape index (κ2) is 11.0. The summed E-state index contributed by atoms with van der Waals surface area (Å²) in [6.07, 6.45) is 16.5. The Morgan fingerprint density at radius 2 is 1.07 bits per heavy atom. The summed E-state index contributed by atoms with van der Waals surface area (Å²) in [5, 5.41) is 0. The van der Waals surface area contributed by atoms with Crippen molar-refractivity contribution in [3.05, 3.63) is 52.6 Å². The van der Waals surface area contributed by atoms with E-state index in [0.717, 1.165) is 9.81 Å². The maximum absolute atomic E-state index is 13.1. The first-order valence-corrected chi connectivity index (χ1v) is 19.9. The topological polar surface area (TPSA) is 40.6 Å². The fourth-order valence-electron chi connectivity index (χ4n) is 8.61. The minimum absolute atomic E-state index is 0.0389. The van der Waals surface area contributed by atoms with E-state index in [-0.39, 0.29) is 22.6 Å². The highest BCUT2D eigenvalue weighted by Gasteiger charge is 2.58. The average molecular weight is 695 g/mol. The van der Waals surface area contributed by atoms with Crippen LogP contribution in [-0.4, -0.2) is 43.3 Å². The molecule has 228 valence electrons. The monoisotopic (exact) mass is 694 g/mol. The Morgan fingerprint density at radius 1 is 0.682 bits per heavy atom. The van der Waals surface area contributed by atoms with E-state index >= 15 is 0 Å². The standard InChI is InChI=1S/C34H34N2O2S6/c1-3-35-29(37)23(43-31(35)39)17-19-15-21-27(41-19)25-26(33(21)11-7-5-8-12-33)28-22(34(25)13-9-6-10-14-34)16-20(42-28)18-24-30(38)36(4-2)32(40)44-24/h15-18H,3-14H2,1-2H3/b23-17-,24-18-. The van der Waals surface area contributed by atoms with Crippen molar-refractivity contribution in [2.24, 2.45) is 0 Å². The number of thiocarbonyl (C=S) groups is 2. The maximum Gasteiger partial charge on any atom is 0.266 e. The Labute approximate surface area is 286 Å². The van der Waals surface area contributed by atoms with Gasteiger partial charge in [0.1, 0.15) is 8.64 Å². The van der Waals surface area contributed by atoms with Gasteiger partial charge in [-0.2, -0.15) is 0 Å². The van der Waals surface area contributed by atoms with E-state index in [0.29, 0.717) is 21.7 Å². The number of carbonyl (C=O) groups excluding carboxylic acids is 2. The molecule has 0 radical (unpaired) electrons. The van der Waals surface area contributed by atoms with E-state index in [1.807, 2.05) is 36.5 Å². The highest BCUT2D eigenvalue weighted by atomic mass is 32.2. The normalized spacial score (nSPS) is 25.5. The molecule has 4 heterocycles. The molecule has 4 aliphatic carbocycles. The predicted molar refractivity (Wildman–Crippen MR) is 196 cm³/mol. The van der Waals surface area contributed by atoms with E-state index < -0.39 is 0 Å². The van der Waals surface area contributed by atoms with Crippen LogP contribution in [0.5, 0.6) is 0 Å². The lowest BCUT2D eigenvalue weighted by atomic mass is 9.67. The Morgan fingerprint density at radius 3 is 1.41 bits per heavy atom. The summed E-state index contributed by atoms with van der Waals surface area (Å²) < 4.78 is 1.33. The molecule has 2 saturated heterocycles. The Hall–Kier alpha value is -1.56. The zero-order valence-corrected chi connectivity index (χ0v) is 29.9. The number of thioether (sulfide) groups is 2. The van der Waals surface area contributed by atoms with Crippen LogP contribution in [-0.2, 0) is 20.4 Å². The zero-order valence-electron chi connectivity index (χ0n) is 25.0. The number of fused-ring (bicyclic) bond motifs is 8. The van der Waals surface area contributed by atoms with E-state index in [1.54, 1.807) is 20.9 Å². The SMILES string of the molecule is CCN1C(=O)/C(=C/c2cc3c(s2)C2=C(c4sc(/C=C5\SC(=S)N(CC)C5=O)cc4C24CCCCC4)C32CCCCC2)SC1=S. The van der Waals surface area contributed by atoms with E-state index in [1.165, 1.54) is 118 Å². The molecule has 4 fully saturated rings. The average Bonchev–Trinajstić information content (AvgIpc) is 3.83. The third-order valence-corrected chi connectivity index (χ3v) is 15.5. The van der Waals surface area contributed by atoms with Gasteiger partial charge < -0.3 is 0 Å². The van der Waals surface area contributed by atoms with Gasteiger partial charge in [-0.15, -0.1) is 22.7 Å². The van der Waals surface area contributed by atoms with Crippen LogP contribution in [0.25, 0.3) is 23.3 Å². The fourth-order valence-corrected chi connectivity index (χ4v) is 14.2. The van der Waals surface area contributed by atoms with Crippen LogP contribution in [0, 0.1) is 0 Å². The molecule has 0 unspecified atom stereocenters. The second-order valence-electron chi connectivity index (χ2n) is 12.7. The van der Waals surface area contributed by atoms with Crippen molar-refractivity contribution in [2.45, 2.75) is 88.9 Å². The van der Waals surface area contributed by atoms with E-state index in [4.69, 9.17) is 24.4 Å². The van der Waals surface area contributed by atoms with Gasteiger partial charge in [0.2, 0.25) is 0 Å². The van der Waals surface area contributed by atoms with Crippen molar-refractivity contribution >= 4 is 114 Å². The first-order valence-electron chi connectivity index (χ1n) is 15.9. The Balaban J connectivity index is 1.27. The maximum atomic E-state index is 13.1. The van der Waals surface area contributed by atoms with Crippen molar-refractivity contribution in [3.8, 4) is 0 Å². The molecular weight excluding hydrogens is 661 g/mol. The fraction of sp³-hybridized carbons (Fsp3) is 0.471. The summed E-state index contributed by atoms with van der Waals surface area (Å²) in [6.45, 7) is 5.19. The quantitative estimate of drug-likeness (QED) is 0.235. The zero-order chi connectivity index (χ0) is 30.4. The van der Waals surface area contributed by atoms with Crippen LogP contribution < -0.4 is 0 Å². The molecule has 2 aliphatic heterocycles. The number of rotatable bonds is 4. The highest BCUT2D eigenvalue weighted by Crippen LogP contribution is 2.71. The molecule has 44 heavy (non-hydrogen) atoms. The molecule has 2 aromatic heterocycles. The number of allylic oxidation sites excluding steroid dienone is 2. The summed E-state index contributed by atoms with van der Waals surface area (Å²) >= 11 is 17.7. The smallest absolute Gasteiger partial charge is 0.266 e. The van der Waals surface area contributed by atoms with Gasteiger partial charge in [-0.25, -0.2) is 0 Å². The van der Waals surface area contributed by atoms with Gasteiger partial charge >= 0.3 is 0 Å². The van der Waals surface area contributed by atoms with Gasteiger partial charge in [-0.3, -0.25) is 19.4 Å². The van der Waals surface area contributed by atoms with E-state index in [2.05, 4.69) is 24.3 Å². The summed E-state index contributed by atoms with van der Waals surface area (Å²) in [7, 11) is 0. The number of likely N-dealkylation sites (N-methyl/N-ethyl adjacent to an activating group) is 2. The van der Waals surface area contributed by atoms with Crippen LogP contribution in [0.3, 0.4) is 0 Å². The first kappa shape index (κ1) is 29.8. The summed E-state index contributed by atoms with van der Waals surface area (Å²) in [6, 6.07) is 4.87. The lowest BCUT2D eigenvalue weighted by molar-refractivity contribution is -0.122. The highest BCUT2D eigenvalue weighted by molar-refractivity contribution is 8.27. The van der Waals surface area contributed by atoms with Crippen molar-refractivity contribution < 1.29 is 9.59 Å². The first-order chi connectivity index (χ1) is 21.3. The minimum atomic E-state index is 0.0389. The van der Waals surface area contributed by atoms with Gasteiger partial charge in [0, 0.05) is 43.4 Å². The number of carbonyl (C=O) groups is 2. The summed E-state index contributed by atoms with van der Waals surface area (Å²) in [5.74, 6) is 0.0806. The predicted octanol–water partition coefficient (Wildman–Crippen LogP) is 9.59. The minimum Gasteiger partial charge on any atom is -0.293 e. The van der Waals surface area contributed by atoms with Crippen molar-refractivity contribution in [1.29, 1.82) is 0 Å². The van der Waals surface area contributed by atoms with E-state index in [9.17, 15) is 9.59 Å². The summed E-state index contributed by atoms with van der Waals surface area (Å²) in [4.78, 5) is 36.4. The number of amides is 2.